The third-order valence-electron chi connectivity index (χ3n) is 1.47. The van der Waals surface area contributed by atoms with Crippen molar-refractivity contribution in [3.63, 3.8) is 0 Å². The van der Waals surface area contributed by atoms with Crippen LogP contribution in [-0.2, 0) is 26.2 Å². The summed E-state index contributed by atoms with van der Waals surface area (Å²) in [6.07, 6.45) is 5.66. The van der Waals surface area contributed by atoms with Gasteiger partial charge in [-0.3, -0.25) is 4.57 Å². The van der Waals surface area contributed by atoms with Crippen LogP contribution in [0.25, 0.3) is 0 Å². The summed E-state index contributed by atoms with van der Waals surface area (Å²) in [6, 6.07) is 0. The summed E-state index contributed by atoms with van der Waals surface area (Å²) < 4.78 is 14.6. The standard InChI is InChI=1S/C7H17O3P.Fe/c1-2-3-4-5-6-7-10-11(8)9;/h11H,2-7H2,1H3,(H,8,9);. The summed E-state index contributed by atoms with van der Waals surface area (Å²) in [7, 11) is -2.68. The average molecular weight is 236 g/mol. The fraction of sp³-hybridized carbons (Fsp3) is 1.00. The van der Waals surface area contributed by atoms with Crippen LogP contribution in [0.1, 0.15) is 39.0 Å². The van der Waals surface area contributed by atoms with Crippen molar-refractivity contribution in [2.45, 2.75) is 39.0 Å². The van der Waals surface area contributed by atoms with E-state index in [1.807, 2.05) is 0 Å². The zero-order chi connectivity index (χ0) is 8.53. The van der Waals surface area contributed by atoms with Gasteiger partial charge in [0.05, 0.1) is 6.61 Å². The molecule has 5 heteroatoms. The third kappa shape index (κ3) is 13.3. The van der Waals surface area contributed by atoms with Gasteiger partial charge in [-0.2, -0.15) is 0 Å². The summed E-state index contributed by atoms with van der Waals surface area (Å²) in [5.41, 5.74) is 0. The molecule has 0 radical (unpaired) electrons. The second-order valence-electron chi connectivity index (χ2n) is 2.53. The predicted molar refractivity (Wildman–Crippen MR) is 45.9 cm³/mol. The summed E-state index contributed by atoms with van der Waals surface area (Å²) in [4.78, 5) is 8.28. The van der Waals surface area contributed by atoms with Crippen LogP contribution in [0, 0.1) is 0 Å². The second-order valence-corrected chi connectivity index (χ2v) is 3.35. The van der Waals surface area contributed by atoms with E-state index in [0.29, 0.717) is 6.61 Å². The van der Waals surface area contributed by atoms with Crippen molar-refractivity contribution in [2.75, 3.05) is 6.61 Å². The number of unbranched alkanes of at least 4 members (excludes halogenated alkanes) is 4. The van der Waals surface area contributed by atoms with E-state index in [1.165, 1.54) is 19.3 Å². The molecule has 0 aliphatic carbocycles. The Bertz CT molecular complexity index is 111. The molecule has 12 heavy (non-hydrogen) atoms. The van der Waals surface area contributed by atoms with Crippen LogP contribution in [0.5, 0.6) is 0 Å². The van der Waals surface area contributed by atoms with E-state index in [4.69, 9.17) is 4.89 Å². The molecule has 1 unspecified atom stereocenters. The summed E-state index contributed by atoms with van der Waals surface area (Å²) in [6.45, 7) is 2.58. The van der Waals surface area contributed by atoms with Crippen molar-refractivity contribution >= 4 is 8.25 Å². The molecule has 0 fully saturated rings. The summed E-state index contributed by atoms with van der Waals surface area (Å²) in [5, 5.41) is 0. The van der Waals surface area contributed by atoms with Crippen LogP contribution in [0.4, 0.5) is 0 Å². The van der Waals surface area contributed by atoms with Gasteiger partial charge in [-0.1, -0.05) is 32.6 Å². The molecule has 0 spiro atoms. The minimum Gasteiger partial charge on any atom is -0.326 e. The molecule has 1 N–H and O–H groups in total. The molecule has 0 rings (SSSR count). The molecule has 0 aliphatic rings. The van der Waals surface area contributed by atoms with E-state index in [1.54, 1.807) is 0 Å². The van der Waals surface area contributed by atoms with E-state index < -0.39 is 8.25 Å². The molecule has 0 aromatic carbocycles. The van der Waals surface area contributed by atoms with E-state index in [0.717, 1.165) is 12.8 Å². The van der Waals surface area contributed by atoms with Crippen molar-refractivity contribution in [2.24, 2.45) is 0 Å². The van der Waals surface area contributed by atoms with Crippen LogP contribution in [-0.4, -0.2) is 11.5 Å². The van der Waals surface area contributed by atoms with Gasteiger partial charge in [-0.15, -0.1) is 0 Å². The van der Waals surface area contributed by atoms with Crippen LogP contribution in [0.3, 0.4) is 0 Å². The fourth-order valence-electron chi connectivity index (χ4n) is 0.865. The first-order chi connectivity index (χ1) is 5.27. The zero-order valence-corrected chi connectivity index (χ0v) is 9.46. The average Bonchev–Trinajstić information content (AvgIpc) is 1.96. The van der Waals surface area contributed by atoms with Gasteiger partial charge >= 0.3 is 8.25 Å². The first kappa shape index (κ1) is 15.2. The van der Waals surface area contributed by atoms with Crippen molar-refractivity contribution in [3.05, 3.63) is 0 Å². The first-order valence-corrected chi connectivity index (χ1v) is 5.39. The minimum absolute atomic E-state index is 0. The Labute approximate surface area is 85.3 Å². The van der Waals surface area contributed by atoms with Crippen molar-refractivity contribution < 1.29 is 31.1 Å². The Balaban J connectivity index is 0. The van der Waals surface area contributed by atoms with Crippen LogP contribution in [0.15, 0.2) is 0 Å². The molecule has 0 aromatic rings. The van der Waals surface area contributed by atoms with Gasteiger partial charge in [0.2, 0.25) is 0 Å². The number of hydrogen-bond donors (Lipinski definition) is 1. The topological polar surface area (TPSA) is 46.5 Å². The molecule has 76 valence electrons. The van der Waals surface area contributed by atoms with E-state index in [2.05, 4.69) is 11.4 Å². The number of rotatable bonds is 7. The Morgan fingerprint density at radius 1 is 1.25 bits per heavy atom. The maximum Gasteiger partial charge on any atom is 0.316 e. The number of hydrogen-bond acceptors (Lipinski definition) is 2. The monoisotopic (exact) mass is 236 g/mol. The molecular weight excluding hydrogens is 219 g/mol. The Morgan fingerprint density at radius 2 is 1.83 bits per heavy atom. The van der Waals surface area contributed by atoms with Gasteiger partial charge in [0.1, 0.15) is 0 Å². The normalized spacial score (nSPS) is 12.2. The molecule has 0 aliphatic heterocycles. The Hall–Kier alpha value is 0.669. The van der Waals surface area contributed by atoms with E-state index in [9.17, 15) is 4.57 Å². The Morgan fingerprint density at radius 3 is 2.33 bits per heavy atom. The predicted octanol–water partition coefficient (Wildman–Crippen LogP) is 2.35. The largest absolute Gasteiger partial charge is 0.326 e. The molecule has 0 amide bonds. The second kappa shape index (κ2) is 11.7. The molecule has 0 saturated carbocycles. The van der Waals surface area contributed by atoms with Crippen molar-refractivity contribution in [1.82, 2.24) is 0 Å². The Kier molecular flexibility index (Phi) is 14.7. The van der Waals surface area contributed by atoms with Gasteiger partial charge < -0.3 is 9.42 Å². The van der Waals surface area contributed by atoms with E-state index in [-0.39, 0.29) is 17.1 Å². The van der Waals surface area contributed by atoms with Gasteiger partial charge in [0.25, 0.3) is 0 Å². The van der Waals surface area contributed by atoms with Gasteiger partial charge in [0.15, 0.2) is 0 Å². The third-order valence-corrected chi connectivity index (χ3v) is 1.92. The first-order valence-electron chi connectivity index (χ1n) is 4.13. The van der Waals surface area contributed by atoms with Crippen molar-refractivity contribution in [1.29, 1.82) is 0 Å². The minimum atomic E-state index is -2.68. The quantitative estimate of drug-likeness (QED) is 0.419. The van der Waals surface area contributed by atoms with Gasteiger partial charge in [0, 0.05) is 17.1 Å². The smallest absolute Gasteiger partial charge is 0.316 e. The fourth-order valence-corrected chi connectivity index (χ4v) is 1.18. The van der Waals surface area contributed by atoms with Gasteiger partial charge in [-0.05, 0) is 6.42 Å². The molecule has 1 atom stereocenters. The summed E-state index contributed by atoms with van der Waals surface area (Å²) in [5.74, 6) is 0. The zero-order valence-electron chi connectivity index (χ0n) is 7.36. The summed E-state index contributed by atoms with van der Waals surface area (Å²) >= 11 is 0. The maximum absolute atomic E-state index is 10.1. The SMILES string of the molecule is CCCCCCCO[PH](=O)O.[Fe]. The molecule has 0 saturated heterocycles. The van der Waals surface area contributed by atoms with Crippen LogP contribution >= 0.6 is 8.25 Å². The maximum atomic E-state index is 10.1. The molecule has 3 nitrogen and oxygen atoms in total. The van der Waals surface area contributed by atoms with Crippen LogP contribution < -0.4 is 0 Å². The van der Waals surface area contributed by atoms with Crippen molar-refractivity contribution in [3.8, 4) is 0 Å². The van der Waals surface area contributed by atoms with Gasteiger partial charge in [-0.25, -0.2) is 0 Å². The molecular formula is C7H17FeO3P. The molecule has 0 bridgehead atoms. The molecule has 0 heterocycles. The van der Waals surface area contributed by atoms with E-state index >= 15 is 0 Å². The van der Waals surface area contributed by atoms with Crippen LogP contribution in [0.2, 0.25) is 0 Å². The molecule has 0 aromatic heterocycles.